The first-order valence-electron chi connectivity index (χ1n) is 6.99. The molecule has 1 aliphatic rings. The summed E-state index contributed by atoms with van der Waals surface area (Å²) in [5, 5.41) is -0.469. The molecule has 0 fully saturated rings. The van der Waals surface area contributed by atoms with Gasteiger partial charge in [-0.05, 0) is 48.9 Å². The number of Topliss-reactive ketones (excluding diaryl/α,β-unsaturated/α-hetero) is 1. The number of thioether (sulfide) groups is 1. The summed E-state index contributed by atoms with van der Waals surface area (Å²) in [7, 11) is -2.24. The highest BCUT2D eigenvalue weighted by molar-refractivity contribution is 8.03. The normalized spacial score (nSPS) is 18.7. The number of hydrogen-bond donors (Lipinski definition) is 1. The van der Waals surface area contributed by atoms with Gasteiger partial charge in [0.2, 0.25) is 10.0 Å². The van der Waals surface area contributed by atoms with E-state index in [1.807, 2.05) is 0 Å². The number of ketones is 1. The summed E-state index contributed by atoms with van der Waals surface area (Å²) in [5.74, 6) is 0.296. The zero-order chi connectivity index (χ0) is 17.5. The van der Waals surface area contributed by atoms with Crippen molar-refractivity contribution in [1.29, 1.82) is 0 Å². The molecule has 1 atom stereocenters. The summed E-state index contributed by atoms with van der Waals surface area (Å²) < 4.78 is 32.4. The van der Waals surface area contributed by atoms with Crippen LogP contribution in [0, 0.1) is 6.92 Å². The van der Waals surface area contributed by atoms with Gasteiger partial charge in [0.05, 0.1) is 12.0 Å². The molecule has 1 heterocycles. The van der Waals surface area contributed by atoms with Gasteiger partial charge in [-0.1, -0.05) is 23.4 Å². The van der Waals surface area contributed by atoms with E-state index >= 15 is 0 Å². The number of halogens is 1. The lowest BCUT2D eigenvalue weighted by Crippen LogP contribution is -2.41. The summed E-state index contributed by atoms with van der Waals surface area (Å²) in [5.41, 5.74) is 1.07. The minimum Gasteiger partial charge on any atom is -0.497 e. The second kappa shape index (κ2) is 6.40. The highest BCUT2D eigenvalue weighted by Gasteiger charge is 2.35. The topological polar surface area (TPSA) is 72.5 Å². The molecule has 2 aromatic rings. The Kier molecular flexibility index (Phi) is 4.61. The Morgan fingerprint density at radius 2 is 1.92 bits per heavy atom. The van der Waals surface area contributed by atoms with Crippen molar-refractivity contribution in [2.45, 2.75) is 22.1 Å². The highest BCUT2D eigenvalue weighted by atomic mass is 35.5. The minimum absolute atomic E-state index is 0.146. The molecule has 1 unspecified atom stereocenters. The van der Waals surface area contributed by atoms with Crippen molar-refractivity contribution in [2.75, 3.05) is 7.11 Å². The number of benzene rings is 2. The third-order valence-corrected chi connectivity index (χ3v) is 6.94. The van der Waals surface area contributed by atoms with E-state index in [1.54, 1.807) is 37.3 Å². The third kappa shape index (κ3) is 3.17. The molecule has 0 saturated carbocycles. The molecule has 1 aliphatic heterocycles. The van der Waals surface area contributed by atoms with Crippen molar-refractivity contribution in [3.63, 3.8) is 0 Å². The van der Waals surface area contributed by atoms with Gasteiger partial charge in [-0.15, -0.1) is 0 Å². The van der Waals surface area contributed by atoms with Crippen molar-refractivity contribution in [2.24, 2.45) is 0 Å². The van der Waals surface area contributed by atoms with Gasteiger partial charge in [-0.2, -0.15) is 4.72 Å². The summed E-state index contributed by atoms with van der Waals surface area (Å²) in [6.07, 6.45) is 0. The molecule has 5 nitrogen and oxygen atoms in total. The van der Waals surface area contributed by atoms with Gasteiger partial charge < -0.3 is 4.74 Å². The van der Waals surface area contributed by atoms with E-state index in [1.165, 1.54) is 13.2 Å². The number of aryl methyl sites for hydroxylation is 1. The number of carbonyl (C=O) groups is 1. The fourth-order valence-corrected chi connectivity index (χ4v) is 5.61. The third-order valence-electron chi connectivity index (χ3n) is 3.63. The number of methoxy groups -OCH3 is 1. The number of ether oxygens (including phenoxy) is 1. The Morgan fingerprint density at radius 1 is 1.25 bits per heavy atom. The molecule has 0 radical (unpaired) electrons. The fourth-order valence-electron chi connectivity index (χ4n) is 2.31. The molecular weight excluding hydrogens is 370 g/mol. The maximum Gasteiger partial charge on any atom is 0.243 e. The number of nitrogens with one attached hydrogen (secondary N) is 1. The number of fused-ring (bicyclic) bond motifs is 1. The van der Waals surface area contributed by atoms with Crippen LogP contribution in [0.25, 0.3) is 0 Å². The van der Waals surface area contributed by atoms with Crippen LogP contribution in [0.5, 0.6) is 5.75 Å². The lowest BCUT2D eigenvalue weighted by atomic mass is 10.1. The average Bonchev–Trinajstić information content (AvgIpc) is 2.55. The molecular formula is C16H14ClNO4S2. The van der Waals surface area contributed by atoms with Crippen molar-refractivity contribution in [1.82, 2.24) is 4.72 Å². The average molecular weight is 384 g/mol. The van der Waals surface area contributed by atoms with Crippen LogP contribution in [0.15, 0.2) is 46.2 Å². The van der Waals surface area contributed by atoms with E-state index in [2.05, 4.69) is 4.72 Å². The minimum atomic E-state index is -3.77. The van der Waals surface area contributed by atoms with Gasteiger partial charge in [0, 0.05) is 15.5 Å². The lowest BCUT2D eigenvalue weighted by molar-refractivity contribution is 0.0985. The molecule has 8 heteroatoms. The van der Waals surface area contributed by atoms with Crippen LogP contribution in [-0.4, -0.2) is 26.7 Å². The Labute approximate surface area is 149 Å². The predicted octanol–water partition coefficient (Wildman–Crippen LogP) is 3.25. The van der Waals surface area contributed by atoms with Crippen LogP contribution in [0.3, 0.4) is 0 Å². The van der Waals surface area contributed by atoms with Crippen LogP contribution < -0.4 is 9.46 Å². The monoisotopic (exact) mass is 383 g/mol. The largest absolute Gasteiger partial charge is 0.497 e. The van der Waals surface area contributed by atoms with Crippen LogP contribution >= 0.6 is 23.4 Å². The zero-order valence-electron chi connectivity index (χ0n) is 12.9. The second-order valence-electron chi connectivity index (χ2n) is 5.26. The van der Waals surface area contributed by atoms with Gasteiger partial charge in [-0.3, -0.25) is 4.79 Å². The summed E-state index contributed by atoms with van der Waals surface area (Å²) in [6.45, 7) is 1.73. The van der Waals surface area contributed by atoms with Gasteiger partial charge in [-0.25, -0.2) is 8.42 Å². The number of carbonyl (C=O) groups excluding carboxylic acids is 1. The molecule has 0 aromatic heterocycles. The van der Waals surface area contributed by atoms with E-state index in [-0.39, 0.29) is 10.7 Å². The Bertz CT molecular complexity index is 910. The summed E-state index contributed by atoms with van der Waals surface area (Å²) in [6, 6.07) is 9.62. The maximum absolute atomic E-state index is 12.6. The Morgan fingerprint density at radius 3 is 2.54 bits per heavy atom. The second-order valence-corrected chi connectivity index (χ2v) is 8.50. The van der Waals surface area contributed by atoms with E-state index in [0.29, 0.717) is 26.8 Å². The van der Waals surface area contributed by atoms with Gasteiger partial charge in [0.25, 0.3) is 0 Å². The fraction of sp³-hybridized carbons (Fsp3) is 0.188. The Hall–Kier alpha value is -1.54. The van der Waals surface area contributed by atoms with Crippen molar-refractivity contribution < 1.29 is 17.9 Å². The molecule has 0 aliphatic carbocycles. The van der Waals surface area contributed by atoms with E-state index < -0.39 is 15.4 Å². The number of rotatable bonds is 3. The standard InChI is InChI=1S/C16H14ClNO4S2/c1-9-7-14-13(8-12(9)17)23-16(18-24(14,20)21)15(19)10-3-5-11(22-2)6-4-10/h3-8,16,18H,1-2H3. The summed E-state index contributed by atoms with van der Waals surface area (Å²) >= 11 is 7.23. The smallest absolute Gasteiger partial charge is 0.243 e. The van der Waals surface area contributed by atoms with Crippen LogP contribution in [0.2, 0.25) is 5.02 Å². The molecule has 0 spiro atoms. The van der Waals surface area contributed by atoms with E-state index in [9.17, 15) is 13.2 Å². The van der Waals surface area contributed by atoms with E-state index in [0.717, 1.165) is 11.8 Å². The molecule has 0 bridgehead atoms. The van der Waals surface area contributed by atoms with Crippen molar-refractivity contribution in [3.8, 4) is 5.75 Å². The van der Waals surface area contributed by atoms with Gasteiger partial charge in [0.15, 0.2) is 5.78 Å². The number of hydrogen-bond acceptors (Lipinski definition) is 5. The molecule has 1 N–H and O–H groups in total. The molecule has 126 valence electrons. The highest BCUT2D eigenvalue weighted by Crippen LogP contribution is 2.38. The SMILES string of the molecule is COc1ccc(C(=O)C2NS(=O)(=O)c3cc(C)c(Cl)cc3S2)cc1. The zero-order valence-corrected chi connectivity index (χ0v) is 15.3. The first kappa shape index (κ1) is 17.3. The first-order chi connectivity index (χ1) is 11.3. The van der Waals surface area contributed by atoms with E-state index in [4.69, 9.17) is 16.3 Å². The maximum atomic E-state index is 12.6. The van der Waals surface area contributed by atoms with Crippen LogP contribution in [0.4, 0.5) is 0 Å². The van der Waals surface area contributed by atoms with Crippen molar-refractivity contribution in [3.05, 3.63) is 52.5 Å². The molecule has 2 aromatic carbocycles. The van der Waals surface area contributed by atoms with Gasteiger partial charge in [0.1, 0.15) is 11.1 Å². The molecule has 0 amide bonds. The first-order valence-corrected chi connectivity index (χ1v) is 9.73. The molecule has 3 rings (SSSR count). The molecule has 24 heavy (non-hydrogen) atoms. The van der Waals surface area contributed by atoms with Crippen molar-refractivity contribution >= 4 is 39.2 Å². The predicted molar refractivity (Wildman–Crippen MR) is 93.5 cm³/mol. The van der Waals surface area contributed by atoms with Gasteiger partial charge >= 0.3 is 0 Å². The van der Waals surface area contributed by atoms with Crippen LogP contribution in [-0.2, 0) is 10.0 Å². The molecule has 0 saturated heterocycles. The van der Waals surface area contributed by atoms with Crippen LogP contribution in [0.1, 0.15) is 15.9 Å². The Balaban J connectivity index is 1.96. The lowest BCUT2D eigenvalue weighted by Gasteiger charge is -2.25. The number of sulfonamides is 1. The summed E-state index contributed by atoms with van der Waals surface area (Å²) in [4.78, 5) is 13.2. The quantitative estimate of drug-likeness (QED) is 0.823.